The molecule has 2 atom stereocenters. The second-order valence-electron chi connectivity index (χ2n) is 3.30. The molecule has 2 fully saturated rings. The van der Waals surface area contributed by atoms with Crippen LogP contribution in [0.25, 0.3) is 0 Å². The molecule has 1 saturated heterocycles. The number of hydrogen-bond donors (Lipinski definition) is 3. The van der Waals surface area contributed by atoms with Crippen LogP contribution >= 0.6 is 0 Å². The normalized spacial score (nSPS) is 40.8. The molecule has 2 aliphatic rings. The van der Waals surface area contributed by atoms with Crippen molar-refractivity contribution in [1.82, 2.24) is 16.4 Å². The molecular formula is C7H15N3. The van der Waals surface area contributed by atoms with Crippen LogP contribution in [0, 0.1) is 5.92 Å². The lowest BCUT2D eigenvalue weighted by Crippen LogP contribution is -2.60. The van der Waals surface area contributed by atoms with Crippen LogP contribution in [0.1, 0.15) is 25.7 Å². The lowest BCUT2D eigenvalue weighted by Gasteiger charge is -2.36. The average Bonchev–Trinajstić information content (AvgIpc) is 2.05. The Morgan fingerprint density at radius 2 is 2.00 bits per heavy atom. The number of hydrogen-bond acceptors (Lipinski definition) is 3. The van der Waals surface area contributed by atoms with Gasteiger partial charge in [0, 0.05) is 12.6 Å². The highest BCUT2D eigenvalue weighted by Crippen LogP contribution is 2.24. The highest BCUT2D eigenvalue weighted by molar-refractivity contribution is 4.82. The van der Waals surface area contributed by atoms with E-state index in [-0.39, 0.29) is 0 Å². The minimum atomic E-state index is 0.731. The fourth-order valence-corrected chi connectivity index (χ4v) is 1.97. The van der Waals surface area contributed by atoms with Crippen molar-refractivity contribution >= 4 is 0 Å². The van der Waals surface area contributed by atoms with Gasteiger partial charge in [-0.25, -0.2) is 10.9 Å². The van der Waals surface area contributed by atoms with E-state index in [1.54, 1.807) is 0 Å². The molecule has 0 spiro atoms. The van der Waals surface area contributed by atoms with Crippen LogP contribution in [0.2, 0.25) is 0 Å². The predicted molar refractivity (Wildman–Crippen MR) is 40.0 cm³/mol. The summed E-state index contributed by atoms with van der Waals surface area (Å²) in [6.07, 6.45) is 5.56. The van der Waals surface area contributed by atoms with Crippen LogP contribution < -0.4 is 16.4 Å². The molecule has 58 valence electrons. The summed E-state index contributed by atoms with van der Waals surface area (Å²) in [4.78, 5) is 0. The van der Waals surface area contributed by atoms with Gasteiger partial charge in [0.25, 0.3) is 0 Å². The zero-order chi connectivity index (χ0) is 6.81. The summed E-state index contributed by atoms with van der Waals surface area (Å²) >= 11 is 0. The second kappa shape index (κ2) is 2.86. The predicted octanol–water partition coefficient (Wildman–Crippen LogP) is 0.158. The molecule has 3 heteroatoms. The van der Waals surface area contributed by atoms with E-state index in [2.05, 4.69) is 16.4 Å². The monoisotopic (exact) mass is 141 g/mol. The molecule has 0 amide bonds. The molecule has 2 unspecified atom stereocenters. The van der Waals surface area contributed by atoms with Crippen molar-refractivity contribution in [3.05, 3.63) is 0 Å². The highest BCUT2D eigenvalue weighted by atomic mass is 15.6. The van der Waals surface area contributed by atoms with Crippen LogP contribution in [0.5, 0.6) is 0 Å². The Morgan fingerprint density at radius 1 is 1.10 bits per heavy atom. The van der Waals surface area contributed by atoms with Gasteiger partial charge in [-0.15, -0.1) is 0 Å². The number of rotatable bonds is 0. The van der Waals surface area contributed by atoms with Crippen molar-refractivity contribution < 1.29 is 0 Å². The van der Waals surface area contributed by atoms with Crippen molar-refractivity contribution in [1.29, 1.82) is 0 Å². The minimum absolute atomic E-state index is 0.731. The highest BCUT2D eigenvalue weighted by Gasteiger charge is 2.26. The maximum absolute atomic E-state index is 3.26. The van der Waals surface area contributed by atoms with Gasteiger partial charge in [0.1, 0.15) is 0 Å². The van der Waals surface area contributed by atoms with Gasteiger partial charge in [0.15, 0.2) is 0 Å². The third-order valence-corrected chi connectivity index (χ3v) is 2.62. The first-order valence-corrected chi connectivity index (χ1v) is 4.20. The molecule has 1 aliphatic carbocycles. The first kappa shape index (κ1) is 6.58. The SMILES string of the molecule is C1CCC2NNNCC2C1. The Hall–Kier alpha value is -0.120. The summed E-state index contributed by atoms with van der Waals surface area (Å²) < 4.78 is 0. The second-order valence-corrected chi connectivity index (χ2v) is 3.30. The molecule has 0 aromatic heterocycles. The van der Waals surface area contributed by atoms with Crippen LogP contribution in [0.3, 0.4) is 0 Å². The average molecular weight is 141 g/mol. The largest absolute Gasteiger partial charge is 0.244 e. The molecular weight excluding hydrogens is 126 g/mol. The van der Waals surface area contributed by atoms with Crippen molar-refractivity contribution in [3.63, 3.8) is 0 Å². The van der Waals surface area contributed by atoms with Gasteiger partial charge in [0.05, 0.1) is 0 Å². The van der Waals surface area contributed by atoms with Gasteiger partial charge in [0.2, 0.25) is 0 Å². The topological polar surface area (TPSA) is 36.1 Å². The molecule has 3 N–H and O–H groups in total. The Morgan fingerprint density at radius 3 is 2.90 bits per heavy atom. The Balaban J connectivity index is 1.93. The summed E-state index contributed by atoms with van der Waals surface area (Å²) in [5, 5.41) is 0. The molecule has 1 saturated carbocycles. The molecule has 0 aromatic rings. The fourth-order valence-electron chi connectivity index (χ4n) is 1.97. The van der Waals surface area contributed by atoms with Gasteiger partial charge in [-0.3, -0.25) is 0 Å². The van der Waals surface area contributed by atoms with E-state index in [9.17, 15) is 0 Å². The number of hydrazine groups is 2. The maximum atomic E-state index is 3.26. The van der Waals surface area contributed by atoms with Crippen molar-refractivity contribution in [3.8, 4) is 0 Å². The van der Waals surface area contributed by atoms with E-state index in [1.165, 1.54) is 25.7 Å². The van der Waals surface area contributed by atoms with E-state index in [0.29, 0.717) is 0 Å². The maximum Gasteiger partial charge on any atom is 0.0267 e. The fraction of sp³-hybridized carbons (Fsp3) is 1.00. The quantitative estimate of drug-likeness (QED) is 0.449. The van der Waals surface area contributed by atoms with E-state index >= 15 is 0 Å². The first-order chi connectivity index (χ1) is 4.97. The number of nitrogens with one attached hydrogen (secondary N) is 3. The Kier molecular flexibility index (Phi) is 1.88. The molecule has 2 rings (SSSR count). The van der Waals surface area contributed by atoms with Gasteiger partial charge in [-0.05, 0) is 18.8 Å². The number of fused-ring (bicyclic) bond motifs is 1. The van der Waals surface area contributed by atoms with Gasteiger partial charge < -0.3 is 0 Å². The molecule has 0 bridgehead atoms. The molecule has 3 nitrogen and oxygen atoms in total. The van der Waals surface area contributed by atoms with Crippen molar-refractivity contribution in [2.45, 2.75) is 31.7 Å². The van der Waals surface area contributed by atoms with E-state index < -0.39 is 0 Å². The zero-order valence-electron chi connectivity index (χ0n) is 6.19. The van der Waals surface area contributed by atoms with Crippen LogP contribution in [-0.2, 0) is 0 Å². The first-order valence-electron chi connectivity index (χ1n) is 4.20. The molecule has 1 aliphatic heterocycles. The third-order valence-electron chi connectivity index (χ3n) is 2.62. The Labute approximate surface area is 61.5 Å². The van der Waals surface area contributed by atoms with E-state index in [0.717, 1.165) is 18.5 Å². The lowest BCUT2D eigenvalue weighted by molar-refractivity contribution is 0.165. The summed E-state index contributed by atoms with van der Waals surface area (Å²) in [5.74, 6) is 0.870. The van der Waals surface area contributed by atoms with Crippen molar-refractivity contribution in [2.75, 3.05) is 6.54 Å². The summed E-state index contributed by atoms with van der Waals surface area (Å²) in [6, 6.07) is 0.731. The summed E-state index contributed by atoms with van der Waals surface area (Å²) in [5.41, 5.74) is 9.37. The molecule has 1 heterocycles. The van der Waals surface area contributed by atoms with Gasteiger partial charge in [-0.1, -0.05) is 12.8 Å². The third kappa shape index (κ3) is 1.17. The van der Waals surface area contributed by atoms with Crippen LogP contribution in [0.4, 0.5) is 0 Å². The summed E-state index contributed by atoms with van der Waals surface area (Å²) in [6.45, 7) is 1.14. The van der Waals surface area contributed by atoms with Crippen molar-refractivity contribution in [2.24, 2.45) is 5.92 Å². The minimum Gasteiger partial charge on any atom is -0.244 e. The Bertz CT molecular complexity index is 89.4. The van der Waals surface area contributed by atoms with Crippen LogP contribution in [-0.4, -0.2) is 12.6 Å². The molecule has 10 heavy (non-hydrogen) atoms. The summed E-state index contributed by atoms with van der Waals surface area (Å²) in [7, 11) is 0. The lowest BCUT2D eigenvalue weighted by atomic mass is 9.84. The molecule has 0 aromatic carbocycles. The van der Waals surface area contributed by atoms with Gasteiger partial charge >= 0.3 is 0 Å². The van der Waals surface area contributed by atoms with E-state index in [4.69, 9.17) is 0 Å². The van der Waals surface area contributed by atoms with Crippen LogP contribution in [0.15, 0.2) is 0 Å². The zero-order valence-corrected chi connectivity index (χ0v) is 6.19. The standard InChI is InChI=1S/C7H15N3/c1-2-4-7-6(3-1)5-8-10-9-7/h6-10H,1-5H2. The smallest absolute Gasteiger partial charge is 0.0267 e. The van der Waals surface area contributed by atoms with E-state index in [1.807, 2.05) is 0 Å². The molecule has 0 radical (unpaired) electrons. The van der Waals surface area contributed by atoms with Gasteiger partial charge in [-0.2, -0.15) is 5.53 Å².